The summed E-state index contributed by atoms with van der Waals surface area (Å²) >= 11 is 11.9. The van der Waals surface area contributed by atoms with Crippen LogP contribution in [0.25, 0.3) is 22.0 Å². The maximum atomic E-state index is 9.84. The van der Waals surface area contributed by atoms with Crippen molar-refractivity contribution in [1.82, 2.24) is 9.97 Å². The molecule has 0 saturated carbocycles. The van der Waals surface area contributed by atoms with E-state index in [4.69, 9.17) is 23.2 Å². The third kappa shape index (κ3) is 2.23. The van der Waals surface area contributed by atoms with Gasteiger partial charge in [-0.25, -0.2) is 4.98 Å². The van der Waals surface area contributed by atoms with E-state index < -0.39 is 0 Å². The quantitative estimate of drug-likeness (QED) is 0.679. The van der Waals surface area contributed by atoms with Gasteiger partial charge < -0.3 is 5.11 Å². The molecule has 0 fully saturated rings. The first-order valence-corrected chi connectivity index (χ1v) is 6.31. The summed E-state index contributed by atoms with van der Waals surface area (Å²) in [7, 11) is 0. The van der Waals surface area contributed by atoms with Crippen molar-refractivity contribution in [3.8, 4) is 17.0 Å². The first kappa shape index (κ1) is 12.2. The molecule has 0 unspecified atom stereocenters. The van der Waals surface area contributed by atoms with Crippen molar-refractivity contribution < 1.29 is 5.11 Å². The van der Waals surface area contributed by atoms with Gasteiger partial charge in [-0.15, -0.1) is 0 Å². The van der Waals surface area contributed by atoms with E-state index in [0.29, 0.717) is 21.6 Å². The molecule has 1 aromatic carbocycles. The number of nitrogens with zero attached hydrogens (tertiary/aromatic N) is 2. The van der Waals surface area contributed by atoms with Gasteiger partial charge in [-0.05, 0) is 29.7 Å². The van der Waals surface area contributed by atoms with Crippen LogP contribution >= 0.6 is 23.2 Å². The van der Waals surface area contributed by atoms with Crippen LogP contribution in [-0.4, -0.2) is 15.1 Å². The predicted octanol–water partition coefficient (Wildman–Crippen LogP) is 4.31. The van der Waals surface area contributed by atoms with E-state index in [9.17, 15) is 5.11 Å². The molecule has 0 bridgehead atoms. The maximum absolute atomic E-state index is 9.84. The van der Waals surface area contributed by atoms with Gasteiger partial charge in [0.2, 0.25) is 0 Å². The van der Waals surface area contributed by atoms with Crippen LogP contribution in [-0.2, 0) is 0 Å². The number of halogens is 2. The minimum atomic E-state index is 0.181. The number of fused-ring (bicyclic) bond motifs is 1. The van der Waals surface area contributed by atoms with E-state index in [0.717, 1.165) is 10.8 Å². The lowest BCUT2D eigenvalue weighted by Gasteiger charge is -2.06. The summed E-state index contributed by atoms with van der Waals surface area (Å²) < 4.78 is 0. The van der Waals surface area contributed by atoms with Crippen molar-refractivity contribution in [3.05, 3.63) is 52.9 Å². The van der Waals surface area contributed by atoms with Crippen molar-refractivity contribution >= 4 is 34.0 Å². The van der Waals surface area contributed by atoms with Crippen LogP contribution in [0.2, 0.25) is 10.3 Å². The van der Waals surface area contributed by atoms with E-state index in [1.165, 1.54) is 0 Å². The highest BCUT2D eigenvalue weighted by molar-refractivity contribution is 6.36. The largest absolute Gasteiger partial charge is 0.507 e. The van der Waals surface area contributed by atoms with Crippen LogP contribution in [0.15, 0.2) is 42.6 Å². The average Bonchev–Trinajstić information content (AvgIpc) is 2.38. The zero-order valence-corrected chi connectivity index (χ0v) is 11.2. The second-order valence-electron chi connectivity index (χ2n) is 4.04. The molecular weight excluding hydrogens is 283 g/mol. The Kier molecular flexibility index (Phi) is 3.01. The van der Waals surface area contributed by atoms with Crippen LogP contribution in [0.1, 0.15) is 0 Å². The molecule has 2 heterocycles. The number of phenolic OH excluding ortho intramolecular Hbond substituents is 1. The molecule has 3 aromatic rings. The molecule has 0 atom stereocenters. The Hall–Kier alpha value is -1.84. The van der Waals surface area contributed by atoms with Gasteiger partial charge in [0.1, 0.15) is 16.1 Å². The summed E-state index contributed by atoms with van der Waals surface area (Å²) in [5, 5.41) is 12.0. The molecule has 94 valence electrons. The van der Waals surface area contributed by atoms with Crippen LogP contribution in [0.5, 0.6) is 5.75 Å². The Labute approximate surface area is 119 Å². The standard InChI is InChI=1S/C14H8Cl2N2O/c15-13-6-8-5-11(9-3-1-2-4-12(9)19)17-7-10(8)14(16)18-13/h1-7,19H. The van der Waals surface area contributed by atoms with Gasteiger partial charge in [0, 0.05) is 17.1 Å². The minimum Gasteiger partial charge on any atom is -0.507 e. The van der Waals surface area contributed by atoms with E-state index in [1.54, 1.807) is 30.5 Å². The first-order valence-electron chi connectivity index (χ1n) is 5.55. The fourth-order valence-corrected chi connectivity index (χ4v) is 2.41. The van der Waals surface area contributed by atoms with Crippen molar-refractivity contribution in [2.24, 2.45) is 0 Å². The van der Waals surface area contributed by atoms with Gasteiger partial charge in [-0.3, -0.25) is 4.98 Å². The number of hydrogen-bond donors (Lipinski definition) is 1. The molecule has 2 aromatic heterocycles. The number of aromatic nitrogens is 2. The highest BCUT2D eigenvalue weighted by Crippen LogP contribution is 2.31. The molecule has 0 aliphatic carbocycles. The van der Waals surface area contributed by atoms with Gasteiger partial charge in [-0.1, -0.05) is 35.3 Å². The SMILES string of the molecule is Oc1ccccc1-c1cc2cc(Cl)nc(Cl)c2cn1. The molecular formula is C14H8Cl2N2O. The highest BCUT2D eigenvalue weighted by Gasteiger charge is 2.08. The lowest BCUT2D eigenvalue weighted by atomic mass is 10.1. The Morgan fingerprint density at radius 3 is 2.63 bits per heavy atom. The van der Waals surface area contributed by atoms with Gasteiger partial charge in [0.15, 0.2) is 0 Å². The van der Waals surface area contributed by atoms with E-state index in [1.807, 2.05) is 12.1 Å². The topological polar surface area (TPSA) is 46.0 Å². The summed E-state index contributed by atoms with van der Waals surface area (Å²) in [6.07, 6.45) is 1.63. The third-order valence-corrected chi connectivity index (χ3v) is 3.30. The summed E-state index contributed by atoms with van der Waals surface area (Å²) in [6.45, 7) is 0. The second-order valence-corrected chi connectivity index (χ2v) is 4.79. The Balaban J connectivity index is 2.25. The second kappa shape index (κ2) is 4.68. The number of hydrogen-bond acceptors (Lipinski definition) is 3. The van der Waals surface area contributed by atoms with Crippen LogP contribution in [0.4, 0.5) is 0 Å². The third-order valence-electron chi connectivity index (χ3n) is 2.82. The zero-order chi connectivity index (χ0) is 13.4. The number of rotatable bonds is 1. The molecule has 5 heteroatoms. The molecule has 19 heavy (non-hydrogen) atoms. The zero-order valence-electron chi connectivity index (χ0n) is 9.64. The van der Waals surface area contributed by atoms with E-state index in [2.05, 4.69) is 9.97 Å². The fraction of sp³-hybridized carbons (Fsp3) is 0. The van der Waals surface area contributed by atoms with Crippen molar-refractivity contribution in [2.75, 3.05) is 0 Å². The summed E-state index contributed by atoms with van der Waals surface area (Å²) in [6, 6.07) is 10.6. The number of pyridine rings is 2. The Morgan fingerprint density at radius 1 is 1.05 bits per heavy atom. The fourth-order valence-electron chi connectivity index (χ4n) is 1.91. The summed E-state index contributed by atoms with van der Waals surface area (Å²) in [4.78, 5) is 8.26. The van der Waals surface area contributed by atoms with Crippen LogP contribution in [0.3, 0.4) is 0 Å². The molecule has 0 aliphatic heterocycles. The normalized spacial score (nSPS) is 10.8. The van der Waals surface area contributed by atoms with Gasteiger partial charge >= 0.3 is 0 Å². The van der Waals surface area contributed by atoms with Crippen molar-refractivity contribution in [3.63, 3.8) is 0 Å². The number of aromatic hydroxyl groups is 1. The van der Waals surface area contributed by atoms with Gasteiger partial charge in [-0.2, -0.15) is 0 Å². The Bertz CT molecular complexity index is 774. The number of phenols is 1. The van der Waals surface area contributed by atoms with Crippen molar-refractivity contribution in [2.45, 2.75) is 0 Å². The predicted molar refractivity (Wildman–Crippen MR) is 76.7 cm³/mol. The van der Waals surface area contributed by atoms with Gasteiger partial charge in [0.25, 0.3) is 0 Å². The molecule has 0 radical (unpaired) electrons. The Morgan fingerprint density at radius 2 is 1.84 bits per heavy atom. The van der Waals surface area contributed by atoms with E-state index >= 15 is 0 Å². The van der Waals surface area contributed by atoms with Crippen LogP contribution in [0, 0.1) is 0 Å². The average molecular weight is 291 g/mol. The number of para-hydroxylation sites is 1. The minimum absolute atomic E-state index is 0.181. The molecule has 3 nitrogen and oxygen atoms in total. The lowest BCUT2D eigenvalue weighted by molar-refractivity contribution is 0.477. The smallest absolute Gasteiger partial charge is 0.140 e. The van der Waals surface area contributed by atoms with Crippen molar-refractivity contribution in [1.29, 1.82) is 0 Å². The molecule has 0 amide bonds. The number of benzene rings is 1. The first-order chi connectivity index (χ1) is 9.15. The van der Waals surface area contributed by atoms with E-state index in [-0.39, 0.29) is 5.75 Å². The van der Waals surface area contributed by atoms with Gasteiger partial charge in [0.05, 0.1) is 5.69 Å². The summed E-state index contributed by atoms with van der Waals surface area (Å²) in [5.41, 5.74) is 1.32. The summed E-state index contributed by atoms with van der Waals surface area (Å²) in [5.74, 6) is 0.181. The molecule has 3 rings (SSSR count). The molecule has 0 spiro atoms. The lowest BCUT2D eigenvalue weighted by Crippen LogP contribution is -1.87. The maximum Gasteiger partial charge on any atom is 0.140 e. The van der Waals surface area contributed by atoms with Crippen LogP contribution < -0.4 is 0 Å². The molecule has 0 saturated heterocycles. The molecule has 1 N–H and O–H groups in total. The monoisotopic (exact) mass is 290 g/mol. The molecule has 0 aliphatic rings. The highest BCUT2D eigenvalue weighted by atomic mass is 35.5.